The normalized spacial score (nSPS) is 17.8. The molecule has 1 aromatic heterocycles. The SMILES string of the molecule is Cc1ncc(C(=O)N2CCCC(CCc3ccccc3C(F)(F)F)C2)cn1. The maximum Gasteiger partial charge on any atom is 0.416 e. The quantitative estimate of drug-likeness (QED) is 0.799. The number of likely N-dealkylation sites (tertiary alicyclic amines) is 1. The van der Waals surface area contributed by atoms with Crippen molar-refractivity contribution in [2.75, 3.05) is 13.1 Å². The zero-order valence-electron chi connectivity index (χ0n) is 15.2. The lowest BCUT2D eigenvalue weighted by atomic mass is 9.90. The van der Waals surface area contributed by atoms with Gasteiger partial charge in [-0.1, -0.05) is 18.2 Å². The molecular formula is C20H22F3N3O. The standard InChI is InChI=1S/C20H22F3N3O/c1-14-24-11-17(12-25-14)19(27)26-10-4-5-15(13-26)8-9-16-6-2-3-7-18(16)20(21,22)23/h2-3,6-7,11-12,15H,4-5,8-10,13H2,1H3. The Kier molecular flexibility index (Phi) is 5.77. The second kappa shape index (κ2) is 8.06. The van der Waals surface area contributed by atoms with Crippen LogP contribution in [0.4, 0.5) is 13.2 Å². The van der Waals surface area contributed by atoms with Crippen LogP contribution in [-0.4, -0.2) is 33.9 Å². The molecule has 7 heteroatoms. The largest absolute Gasteiger partial charge is 0.416 e. The van der Waals surface area contributed by atoms with Gasteiger partial charge in [-0.25, -0.2) is 9.97 Å². The molecule has 1 saturated heterocycles. The average Bonchev–Trinajstić information content (AvgIpc) is 2.66. The van der Waals surface area contributed by atoms with E-state index in [1.54, 1.807) is 17.9 Å². The smallest absolute Gasteiger partial charge is 0.338 e. The fourth-order valence-electron chi connectivity index (χ4n) is 3.55. The Labute approximate surface area is 156 Å². The maximum atomic E-state index is 13.1. The number of carbonyl (C=O) groups excluding carboxylic acids is 1. The molecule has 1 fully saturated rings. The van der Waals surface area contributed by atoms with Crippen molar-refractivity contribution in [3.8, 4) is 0 Å². The van der Waals surface area contributed by atoms with E-state index in [1.165, 1.54) is 24.5 Å². The molecule has 0 aliphatic carbocycles. The number of aromatic nitrogens is 2. The lowest BCUT2D eigenvalue weighted by Gasteiger charge is -2.33. The van der Waals surface area contributed by atoms with Crippen molar-refractivity contribution in [2.45, 2.75) is 38.8 Å². The zero-order chi connectivity index (χ0) is 19.4. The third kappa shape index (κ3) is 4.84. The van der Waals surface area contributed by atoms with Crippen LogP contribution in [-0.2, 0) is 12.6 Å². The van der Waals surface area contributed by atoms with Crippen LogP contribution in [0, 0.1) is 12.8 Å². The molecule has 2 heterocycles. The van der Waals surface area contributed by atoms with Crippen LogP contribution in [0.3, 0.4) is 0 Å². The first kappa shape index (κ1) is 19.3. The highest BCUT2D eigenvalue weighted by molar-refractivity contribution is 5.93. The molecule has 2 aromatic rings. The summed E-state index contributed by atoms with van der Waals surface area (Å²) in [4.78, 5) is 22.5. The predicted octanol–water partition coefficient (Wildman–Crippen LogP) is 4.29. The molecule has 0 radical (unpaired) electrons. The van der Waals surface area contributed by atoms with Gasteiger partial charge in [0.15, 0.2) is 0 Å². The van der Waals surface area contributed by atoms with E-state index in [-0.39, 0.29) is 11.8 Å². The van der Waals surface area contributed by atoms with E-state index in [1.807, 2.05) is 0 Å². The van der Waals surface area contributed by atoms with Crippen LogP contribution in [0.25, 0.3) is 0 Å². The number of benzene rings is 1. The fourth-order valence-corrected chi connectivity index (χ4v) is 3.55. The summed E-state index contributed by atoms with van der Waals surface area (Å²) in [6.45, 7) is 2.97. The summed E-state index contributed by atoms with van der Waals surface area (Å²) in [5.74, 6) is 0.678. The topological polar surface area (TPSA) is 46.1 Å². The zero-order valence-corrected chi connectivity index (χ0v) is 15.2. The number of hydrogen-bond acceptors (Lipinski definition) is 3. The van der Waals surface area contributed by atoms with Gasteiger partial charge >= 0.3 is 6.18 Å². The van der Waals surface area contributed by atoms with Crippen LogP contribution in [0.2, 0.25) is 0 Å². The molecule has 0 N–H and O–H groups in total. The minimum absolute atomic E-state index is 0.115. The van der Waals surface area contributed by atoms with Crippen molar-refractivity contribution < 1.29 is 18.0 Å². The van der Waals surface area contributed by atoms with Crippen molar-refractivity contribution >= 4 is 5.91 Å². The Morgan fingerprint density at radius 3 is 2.63 bits per heavy atom. The summed E-state index contributed by atoms with van der Waals surface area (Å²) in [5.41, 5.74) is 0.203. The van der Waals surface area contributed by atoms with Gasteiger partial charge in [0.05, 0.1) is 11.1 Å². The van der Waals surface area contributed by atoms with Crippen LogP contribution in [0.15, 0.2) is 36.7 Å². The Balaban J connectivity index is 1.62. The first-order valence-electron chi connectivity index (χ1n) is 9.07. The average molecular weight is 377 g/mol. The number of nitrogens with zero attached hydrogens (tertiary/aromatic N) is 3. The van der Waals surface area contributed by atoms with Crippen molar-refractivity contribution in [3.63, 3.8) is 0 Å². The first-order valence-corrected chi connectivity index (χ1v) is 9.07. The van der Waals surface area contributed by atoms with Gasteiger partial charge < -0.3 is 4.90 Å². The molecule has 1 aliphatic heterocycles. The molecule has 0 saturated carbocycles. The van der Waals surface area contributed by atoms with Gasteiger partial charge in [-0.05, 0) is 50.2 Å². The van der Waals surface area contributed by atoms with Crippen LogP contribution in [0.5, 0.6) is 0 Å². The fraction of sp³-hybridized carbons (Fsp3) is 0.450. The van der Waals surface area contributed by atoms with E-state index in [0.29, 0.717) is 42.9 Å². The molecule has 1 unspecified atom stereocenters. The van der Waals surface area contributed by atoms with Crippen molar-refractivity contribution in [1.82, 2.24) is 14.9 Å². The Morgan fingerprint density at radius 2 is 1.93 bits per heavy atom. The van der Waals surface area contributed by atoms with Crippen LogP contribution >= 0.6 is 0 Å². The number of halogens is 3. The van der Waals surface area contributed by atoms with Gasteiger partial charge in [0.1, 0.15) is 5.82 Å². The second-order valence-electron chi connectivity index (χ2n) is 6.97. The Bertz CT molecular complexity index is 790. The highest BCUT2D eigenvalue weighted by atomic mass is 19.4. The maximum absolute atomic E-state index is 13.1. The summed E-state index contributed by atoms with van der Waals surface area (Å²) >= 11 is 0. The summed E-state index contributed by atoms with van der Waals surface area (Å²) in [5, 5.41) is 0. The summed E-state index contributed by atoms with van der Waals surface area (Å²) < 4.78 is 39.4. The molecule has 1 atom stereocenters. The monoisotopic (exact) mass is 377 g/mol. The minimum atomic E-state index is -4.34. The van der Waals surface area contributed by atoms with E-state index in [4.69, 9.17) is 0 Å². The predicted molar refractivity (Wildman–Crippen MR) is 95.2 cm³/mol. The molecule has 1 aliphatic rings. The van der Waals surface area contributed by atoms with Gasteiger partial charge in [0.2, 0.25) is 0 Å². The van der Waals surface area contributed by atoms with E-state index >= 15 is 0 Å². The lowest BCUT2D eigenvalue weighted by Crippen LogP contribution is -2.40. The highest BCUT2D eigenvalue weighted by Gasteiger charge is 2.33. The highest BCUT2D eigenvalue weighted by Crippen LogP contribution is 2.33. The van der Waals surface area contributed by atoms with Gasteiger partial charge in [0, 0.05) is 25.5 Å². The molecule has 27 heavy (non-hydrogen) atoms. The second-order valence-corrected chi connectivity index (χ2v) is 6.97. The molecule has 0 spiro atoms. The number of piperidine rings is 1. The summed E-state index contributed by atoms with van der Waals surface area (Å²) in [7, 11) is 0. The molecule has 0 bridgehead atoms. The molecule has 4 nitrogen and oxygen atoms in total. The molecule has 1 aromatic carbocycles. The number of aryl methyl sites for hydroxylation is 2. The van der Waals surface area contributed by atoms with E-state index in [0.717, 1.165) is 18.9 Å². The Hall–Kier alpha value is -2.44. The number of amides is 1. The van der Waals surface area contributed by atoms with E-state index in [2.05, 4.69) is 9.97 Å². The third-order valence-corrected chi connectivity index (χ3v) is 4.98. The van der Waals surface area contributed by atoms with Crippen molar-refractivity contribution in [3.05, 3.63) is 59.2 Å². The Morgan fingerprint density at radius 1 is 1.22 bits per heavy atom. The number of rotatable bonds is 4. The van der Waals surface area contributed by atoms with Gasteiger partial charge in [-0.15, -0.1) is 0 Å². The number of alkyl halides is 3. The molecule has 144 valence electrons. The third-order valence-electron chi connectivity index (χ3n) is 4.98. The van der Waals surface area contributed by atoms with Crippen molar-refractivity contribution in [2.24, 2.45) is 5.92 Å². The van der Waals surface area contributed by atoms with Crippen LogP contribution in [0.1, 0.15) is 46.6 Å². The molecule has 3 rings (SSSR count). The number of carbonyl (C=O) groups is 1. The van der Waals surface area contributed by atoms with Crippen LogP contribution < -0.4 is 0 Å². The molecule has 1 amide bonds. The summed E-state index contributed by atoms with van der Waals surface area (Å²) in [6, 6.07) is 5.72. The molecular weight excluding hydrogens is 355 g/mol. The van der Waals surface area contributed by atoms with Gasteiger partial charge in [-0.3, -0.25) is 4.79 Å². The first-order chi connectivity index (χ1) is 12.8. The number of hydrogen-bond donors (Lipinski definition) is 0. The van der Waals surface area contributed by atoms with Gasteiger partial charge in [-0.2, -0.15) is 13.2 Å². The summed E-state index contributed by atoms with van der Waals surface area (Å²) in [6.07, 6.45) is 1.46. The van der Waals surface area contributed by atoms with E-state index < -0.39 is 11.7 Å². The van der Waals surface area contributed by atoms with E-state index in [9.17, 15) is 18.0 Å². The lowest BCUT2D eigenvalue weighted by molar-refractivity contribution is -0.138. The minimum Gasteiger partial charge on any atom is -0.338 e. The van der Waals surface area contributed by atoms with Gasteiger partial charge in [0.25, 0.3) is 5.91 Å². The van der Waals surface area contributed by atoms with Crippen molar-refractivity contribution in [1.29, 1.82) is 0 Å².